The molecule has 6 nitrogen and oxygen atoms in total. The molecule has 1 amide bonds. The van der Waals surface area contributed by atoms with Gasteiger partial charge in [-0.1, -0.05) is 0 Å². The fraction of sp³-hybridized carbons (Fsp3) is 0.833. The van der Waals surface area contributed by atoms with Gasteiger partial charge < -0.3 is 15.2 Å². The van der Waals surface area contributed by atoms with Gasteiger partial charge in [-0.15, -0.1) is 10.2 Å². The molecule has 3 fully saturated rings. The fourth-order valence-electron chi connectivity index (χ4n) is 5.78. The lowest BCUT2D eigenvalue weighted by molar-refractivity contribution is -0.139. The summed E-state index contributed by atoms with van der Waals surface area (Å²) in [6, 6.07) is 0.0916. The molecular weight excluding hydrogens is 302 g/mol. The Morgan fingerprint density at radius 2 is 1.96 bits per heavy atom. The van der Waals surface area contributed by atoms with Gasteiger partial charge in [0.15, 0.2) is 0 Å². The first-order valence-electron chi connectivity index (χ1n) is 9.68. The van der Waals surface area contributed by atoms with Crippen LogP contribution in [0.2, 0.25) is 0 Å². The summed E-state index contributed by atoms with van der Waals surface area (Å²) in [6.45, 7) is 2.73. The van der Waals surface area contributed by atoms with E-state index in [1.54, 1.807) is 0 Å². The van der Waals surface area contributed by atoms with Crippen molar-refractivity contribution in [2.24, 2.45) is 23.5 Å². The molecule has 130 valence electrons. The molecule has 1 aromatic rings. The van der Waals surface area contributed by atoms with Crippen molar-refractivity contribution in [2.75, 3.05) is 13.1 Å². The van der Waals surface area contributed by atoms with Gasteiger partial charge >= 0.3 is 0 Å². The van der Waals surface area contributed by atoms with Crippen LogP contribution in [0.4, 0.5) is 0 Å². The Morgan fingerprint density at radius 3 is 2.79 bits per heavy atom. The van der Waals surface area contributed by atoms with Crippen molar-refractivity contribution in [1.82, 2.24) is 19.7 Å². The van der Waals surface area contributed by atoms with Gasteiger partial charge in [0.2, 0.25) is 5.91 Å². The van der Waals surface area contributed by atoms with E-state index < -0.39 is 0 Å². The van der Waals surface area contributed by atoms with Crippen molar-refractivity contribution < 1.29 is 4.79 Å². The molecule has 6 heteroatoms. The first-order valence-corrected chi connectivity index (χ1v) is 9.68. The largest absolute Gasteiger partial charge is 0.342 e. The summed E-state index contributed by atoms with van der Waals surface area (Å²) < 4.78 is 2.29. The molecule has 5 unspecified atom stereocenters. The number of piperidine rings is 1. The maximum absolute atomic E-state index is 13.2. The molecule has 5 rings (SSSR count). The molecule has 0 spiro atoms. The van der Waals surface area contributed by atoms with E-state index in [4.69, 9.17) is 5.73 Å². The van der Waals surface area contributed by atoms with Crippen LogP contribution >= 0.6 is 0 Å². The Hall–Kier alpha value is -1.43. The van der Waals surface area contributed by atoms with Crippen LogP contribution in [0.1, 0.15) is 56.1 Å². The third kappa shape index (κ3) is 2.15. The number of aryl methyl sites for hydroxylation is 1. The smallest absolute Gasteiger partial charge is 0.227 e. The van der Waals surface area contributed by atoms with Gasteiger partial charge in [-0.05, 0) is 50.4 Å². The Kier molecular flexibility index (Phi) is 3.44. The molecule has 1 aromatic heterocycles. The van der Waals surface area contributed by atoms with E-state index >= 15 is 0 Å². The van der Waals surface area contributed by atoms with Gasteiger partial charge in [-0.3, -0.25) is 4.79 Å². The molecule has 2 bridgehead atoms. The van der Waals surface area contributed by atoms with Gasteiger partial charge in [0, 0.05) is 38.0 Å². The minimum atomic E-state index is 0.0756. The molecule has 2 aliphatic heterocycles. The number of likely N-dealkylation sites (tertiary alicyclic amines) is 1. The minimum Gasteiger partial charge on any atom is -0.342 e. The lowest BCUT2D eigenvalue weighted by atomic mass is 9.83. The monoisotopic (exact) mass is 329 g/mol. The Morgan fingerprint density at radius 1 is 1.08 bits per heavy atom. The highest BCUT2D eigenvalue weighted by atomic mass is 16.2. The van der Waals surface area contributed by atoms with Crippen LogP contribution in [0.5, 0.6) is 0 Å². The van der Waals surface area contributed by atoms with Crippen molar-refractivity contribution in [1.29, 1.82) is 0 Å². The lowest BCUT2D eigenvalue weighted by Crippen LogP contribution is -2.49. The number of nitrogens with zero attached hydrogens (tertiary/aromatic N) is 4. The Labute approximate surface area is 142 Å². The van der Waals surface area contributed by atoms with Crippen molar-refractivity contribution in [3.63, 3.8) is 0 Å². The second kappa shape index (κ2) is 5.55. The van der Waals surface area contributed by atoms with E-state index in [-0.39, 0.29) is 12.0 Å². The van der Waals surface area contributed by atoms with E-state index in [0.29, 0.717) is 23.7 Å². The molecule has 3 heterocycles. The van der Waals surface area contributed by atoms with E-state index in [9.17, 15) is 4.79 Å². The molecule has 0 aromatic carbocycles. The predicted molar refractivity (Wildman–Crippen MR) is 89.2 cm³/mol. The highest BCUT2D eigenvalue weighted by molar-refractivity contribution is 5.80. The average molecular weight is 329 g/mol. The van der Waals surface area contributed by atoms with Crippen molar-refractivity contribution in [2.45, 2.75) is 63.5 Å². The molecule has 2 N–H and O–H groups in total. The van der Waals surface area contributed by atoms with Crippen molar-refractivity contribution in [3.8, 4) is 0 Å². The van der Waals surface area contributed by atoms with E-state index in [0.717, 1.165) is 50.5 Å². The number of carbonyl (C=O) groups is 1. The molecule has 2 aliphatic carbocycles. The zero-order chi connectivity index (χ0) is 16.3. The molecule has 4 aliphatic rings. The number of aromatic nitrogens is 3. The van der Waals surface area contributed by atoms with Crippen LogP contribution < -0.4 is 5.73 Å². The van der Waals surface area contributed by atoms with Crippen LogP contribution in [0.3, 0.4) is 0 Å². The quantitative estimate of drug-likeness (QED) is 0.887. The Balaban J connectivity index is 1.33. The second-order valence-electron chi connectivity index (χ2n) is 8.29. The molecule has 2 saturated carbocycles. The number of carbonyl (C=O) groups excluding carboxylic acids is 1. The number of amides is 1. The topological polar surface area (TPSA) is 77.0 Å². The lowest BCUT2D eigenvalue weighted by Gasteiger charge is -2.37. The number of hydrogen-bond acceptors (Lipinski definition) is 4. The maximum atomic E-state index is 13.2. The fourth-order valence-corrected chi connectivity index (χ4v) is 5.78. The highest BCUT2D eigenvalue weighted by Gasteiger charge is 2.50. The molecule has 1 saturated heterocycles. The van der Waals surface area contributed by atoms with Gasteiger partial charge in [-0.2, -0.15) is 0 Å². The van der Waals surface area contributed by atoms with Crippen LogP contribution in [0, 0.1) is 17.8 Å². The van der Waals surface area contributed by atoms with Gasteiger partial charge in [0.05, 0.1) is 5.92 Å². The normalized spacial score (nSPS) is 37.9. The van der Waals surface area contributed by atoms with Crippen molar-refractivity contribution >= 4 is 5.91 Å². The van der Waals surface area contributed by atoms with Gasteiger partial charge in [-0.25, -0.2) is 0 Å². The van der Waals surface area contributed by atoms with Crippen LogP contribution in [-0.4, -0.2) is 44.7 Å². The van der Waals surface area contributed by atoms with Crippen molar-refractivity contribution in [3.05, 3.63) is 11.6 Å². The first-order chi connectivity index (χ1) is 11.7. The summed E-state index contributed by atoms with van der Waals surface area (Å²) in [5.41, 5.74) is 6.40. The van der Waals surface area contributed by atoms with E-state index in [1.165, 1.54) is 25.7 Å². The van der Waals surface area contributed by atoms with Gasteiger partial charge in [0.25, 0.3) is 0 Å². The average Bonchev–Trinajstić information content (AvgIpc) is 3.35. The number of fused-ring (bicyclic) bond motifs is 3. The number of nitrogens with two attached hydrogens (primary N) is 1. The van der Waals surface area contributed by atoms with Crippen LogP contribution in [0.15, 0.2) is 0 Å². The Bertz CT molecular complexity index is 654. The zero-order valence-corrected chi connectivity index (χ0v) is 14.2. The summed E-state index contributed by atoms with van der Waals surface area (Å²) in [4.78, 5) is 15.2. The third-order valence-electron chi connectivity index (χ3n) is 7.00. The predicted octanol–water partition coefficient (Wildman–Crippen LogP) is 1.30. The summed E-state index contributed by atoms with van der Waals surface area (Å²) in [6.07, 6.45) is 8.00. The summed E-state index contributed by atoms with van der Waals surface area (Å²) in [7, 11) is 0. The standard InChI is InChI=1S/C18H27N5O/c19-16-12-6-5-11(9-12)15(16)18(24)22-7-1-3-13(10-22)17-21-20-14-4-2-8-23(14)17/h11-13,15-16H,1-10,19H2. The highest BCUT2D eigenvalue weighted by Crippen LogP contribution is 2.48. The first kappa shape index (κ1) is 14.9. The van der Waals surface area contributed by atoms with Gasteiger partial charge in [0.1, 0.15) is 11.6 Å². The summed E-state index contributed by atoms with van der Waals surface area (Å²) >= 11 is 0. The summed E-state index contributed by atoms with van der Waals surface area (Å²) in [5, 5.41) is 8.81. The zero-order valence-electron chi connectivity index (χ0n) is 14.2. The molecule has 5 atom stereocenters. The molecular formula is C18H27N5O. The minimum absolute atomic E-state index is 0.0756. The van der Waals surface area contributed by atoms with E-state index in [1.807, 2.05) is 0 Å². The number of rotatable bonds is 2. The second-order valence-corrected chi connectivity index (χ2v) is 8.29. The van der Waals surface area contributed by atoms with Crippen LogP contribution in [0.25, 0.3) is 0 Å². The molecule has 0 radical (unpaired) electrons. The third-order valence-corrected chi connectivity index (χ3v) is 7.00. The van der Waals surface area contributed by atoms with Crippen LogP contribution in [-0.2, 0) is 17.8 Å². The SMILES string of the molecule is NC1C2CCC(C2)C1C(=O)N1CCCC(c2nnc3n2CCC3)C1. The summed E-state index contributed by atoms with van der Waals surface area (Å²) in [5.74, 6) is 4.10. The maximum Gasteiger partial charge on any atom is 0.227 e. The van der Waals surface area contributed by atoms with E-state index in [2.05, 4.69) is 19.7 Å². The molecule has 24 heavy (non-hydrogen) atoms. The number of hydrogen-bond donors (Lipinski definition) is 1.